The molecule has 0 spiro atoms. The van der Waals surface area contributed by atoms with Crippen molar-refractivity contribution in [2.24, 2.45) is 0 Å². The number of nitrogens with one attached hydrogen (secondary N) is 2. The average Bonchev–Trinajstić information content (AvgIpc) is 3.12. The van der Waals surface area contributed by atoms with Crippen molar-refractivity contribution in [2.75, 3.05) is 29.8 Å². The molecule has 3 amide bonds. The van der Waals surface area contributed by atoms with Gasteiger partial charge in [0, 0.05) is 22.3 Å². The van der Waals surface area contributed by atoms with Gasteiger partial charge in [0.2, 0.25) is 0 Å². The summed E-state index contributed by atoms with van der Waals surface area (Å²) in [5.74, 6) is -3.14. The van der Waals surface area contributed by atoms with E-state index in [-0.39, 0.29) is 60.5 Å². The Kier molecular flexibility index (Phi) is 8.01. The van der Waals surface area contributed by atoms with Gasteiger partial charge in [0.25, 0.3) is 17.7 Å². The van der Waals surface area contributed by atoms with E-state index in [0.717, 1.165) is 11.0 Å². The maximum atomic E-state index is 13.2. The lowest BCUT2D eigenvalue weighted by molar-refractivity contribution is -0.120. The van der Waals surface area contributed by atoms with E-state index in [1.807, 2.05) is 0 Å². The molecular formula is C26H18Cl3N3O7. The van der Waals surface area contributed by atoms with Crippen LogP contribution in [0, 0.1) is 0 Å². The lowest BCUT2D eigenvalue weighted by Gasteiger charge is -2.18. The summed E-state index contributed by atoms with van der Waals surface area (Å²) in [5.41, 5.74) is 0.288. The highest BCUT2D eigenvalue weighted by Gasteiger charge is 2.40. The van der Waals surface area contributed by atoms with Crippen molar-refractivity contribution in [1.29, 1.82) is 0 Å². The Morgan fingerprint density at radius 3 is 2.28 bits per heavy atom. The first-order valence-electron chi connectivity index (χ1n) is 11.0. The van der Waals surface area contributed by atoms with Gasteiger partial charge in [0.05, 0.1) is 30.6 Å². The molecule has 0 fully saturated rings. The number of carbonyl (C=O) groups is 4. The highest BCUT2D eigenvalue weighted by molar-refractivity contribution is 6.53. The molecule has 4 rings (SSSR count). The SMILES string of the molecule is COc1cc(NC(=O)c2cccc(NC3=C(Cl)C(=O)N(c4cc(Cl)ccc4OC)C3=O)c2)c(Cl)cc1C(=O)O. The number of ether oxygens (including phenoxy) is 2. The van der Waals surface area contributed by atoms with E-state index in [2.05, 4.69) is 10.6 Å². The molecule has 10 nitrogen and oxygen atoms in total. The Morgan fingerprint density at radius 2 is 1.62 bits per heavy atom. The van der Waals surface area contributed by atoms with E-state index in [1.165, 1.54) is 44.6 Å². The van der Waals surface area contributed by atoms with Gasteiger partial charge in [-0.2, -0.15) is 0 Å². The van der Waals surface area contributed by atoms with Crippen LogP contribution in [0.4, 0.5) is 17.1 Å². The molecular weight excluding hydrogens is 573 g/mol. The number of hydrogen-bond donors (Lipinski definition) is 3. The zero-order valence-corrected chi connectivity index (χ0v) is 22.4. The van der Waals surface area contributed by atoms with Crippen LogP contribution in [0.15, 0.2) is 65.3 Å². The van der Waals surface area contributed by atoms with Crippen molar-refractivity contribution < 1.29 is 33.8 Å². The fourth-order valence-corrected chi connectivity index (χ4v) is 4.32. The normalized spacial score (nSPS) is 13.0. The van der Waals surface area contributed by atoms with Gasteiger partial charge in [0.1, 0.15) is 27.8 Å². The second kappa shape index (κ2) is 11.2. The first-order valence-corrected chi connectivity index (χ1v) is 12.1. The third-order valence-corrected chi connectivity index (χ3v) is 6.47. The summed E-state index contributed by atoms with van der Waals surface area (Å²) in [6, 6.07) is 12.9. The lowest BCUT2D eigenvalue weighted by atomic mass is 10.1. The predicted octanol–water partition coefficient (Wildman–Crippen LogP) is 5.40. The van der Waals surface area contributed by atoms with E-state index >= 15 is 0 Å². The first kappa shape index (κ1) is 27.8. The highest BCUT2D eigenvalue weighted by Crippen LogP contribution is 2.37. The zero-order valence-electron chi connectivity index (χ0n) is 20.2. The van der Waals surface area contributed by atoms with Crippen LogP contribution in [0.3, 0.4) is 0 Å². The summed E-state index contributed by atoms with van der Waals surface area (Å²) in [4.78, 5) is 51.2. The van der Waals surface area contributed by atoms with Crippen LogP contribution in [0.5, 0.6) is 11.5 Å². The number of hydrogen-bond acceptors (Lipinski definition) is 7. The molecule has 39 heavy (non-hydrogen) atoms. The van der Waals surface area contributed by atoms with Gasteiger partial charge in [-0.25, -0.2) is 9.69 Å². The minimum absolute atomic E-state index is 0.00416. The van der Waals surface area contributed by atoms with Gasteiger partial charge in [-0.1, -0.05) is 40.9 Å². The molecule has 0 atom stereocenters. The number of carboxylic acids is 1. The van der Waals surface area contributed by atoms with E-state index < -0.39 is 23.7 Å². The molecule has 1 aliphatic rings. The average molecular weight is 591 g/mol. The molecule has 1 heterocycles. The monoisotopic (exact) mass is 589 g/mol. The molecule has 3 aromatic carbocycles. The molecule has 0 saturated heterocycles. The number of rotatable bonds is 8. The molecule has 3 aromatic rings. The second-order valence-electron chi connectivity index (χ2n) is 7.95. The first-order chi connectivity index (χ1) is 18.5. The summed E-state index contributed by atoms with van der Waals surface area (Å²) < 4.78 is 10.3. The van der Waals surface area contributed by atoms with E-state index in [0.29, 0.717) is 0 Å². The number of methoxy groups -OCH3 is 2. The van der Waals surface area contributed by atoms with Gasteiger partial charge in [-0.3, -0.25) is 14.4 Å². The molecule has 200 valence electrons. The van der Waals surface area contributed by atoms with Crippen molar-refractivity contribution >= 4 is 75.6 Å². The van der Waals surface area contributed by atoms with Gasteiger partial charge in [0.15, 0.2) is 0 Å². The highest BCUT2D eigenvalue weighted by atomic mass is 35.5. The predicted molar refractivity (Wildman–Crippen MR) is 146 cm³/mol. The number of carbonyl (C=O) groups excluding carboxylic acids is 3. The molecule has 0 saturated carbocycles. The van der Waals surface area contributed by atoms with Crippen molar-refractivity contribution in [1.82, 2.24) is 0 Å². The van der Waals surface area contributed by atoms with E-state index in [9.17, 15) is 24.3 Å². The number of carboxylic acid groups (broad SMARTS) is 1. The Labute approximate surface area is 236 Å². The number of aromatic carboxylic acids is 1. The van der Waals surface area contributed by atoms with Gasteiger partial charge < -0.3 is 25.2 Å². The van der Waals surface area contributed by atoms with Crippen molar-refractivity contribution in [2.45, 2.75) is 0 Å². The molecule has 0 aromatic heterocycles. The fraction of sp³-hybridized carbons (Fsp3) is 0.0769. The second-order valence-corrected chi connectivity index (χ2v) is 9.17. The van der Waals surface area contributed by atoms with Crippen LogP contribution in [0.25, 0.3) is 0 Å². The van der Waals surface area contributed by atoms with Crippen LogP contribution in [-0.4, -0.2) is 43.0 Å². The summed E-state index contributed by atoms with van der Waals surface area (Å²) in [5, 5.41) is 14.6. The topological polar surface area (TPSA) is 134 Å². The summed E-state index contributed by atoms with van der Waals surface area (Å²) >= 11 is 18.4. The van der Waals surface area contributed by atoms with Crippen LogP contribution >= 0.6 is 34.8 Å². The van der Waals surface area contributed by atoms with Crippen LogP contribution in [0.2, 0.25) is 10.0 Å². The third-order valence-electron chi connectivity index (χ3n) is 5.57. The maximum absolute atomic E-state index is 13.2. The lowest BCUT2D eigenvalue weighted by Crippen LogP contribution is -2.32. The molecule has 0 aliphatic carbocycles. The molecule has 0 unspecified atom stereocenters. The van der Waals surface area contributed by atoms with Crippen LogP contribution < -0.4 is 25.0 Å². The maximum Gasteiger partial charge on any atom is 0.339 e. The number of amides is 3. The van der Waals surface area contributed by atoms with Crippen molar-refractivity contribution in [3.63, 3.8) is 0 Å². The van der Waals surface area contributed by atoms with Gasteiger partial charge in [-0.05, 0) is 42.5 Å². The standard InChI is InChI=1S/C26H18Cl3N3O7/c1-38-19-7-6-13(27)9-18(19)32-24(34)21(29)22(25(32)35)30-14-5-3-4-12(8-14)23(33)31-17-11-20(39-2)15(26(36)37)10-16(17)28/h3-11,30H,1-2H3,(H,31,33)(H,36,37). The van der Waals surface area contributed by atoms with Crippen LogP contribution in [0.1, 0.15) is 20.7 Å². The Balaban J connectivity index is 1.57. The van der Waals surface area contributed by atoms with Gasteiger partial charge >= 0.3 is 5.97 Å². The molecule has 1 aliphatic heterocycles. The Hall–Kier alpha value is -4.25. The quantitative estimate of drug-likeness (QED) is 0.297. The summed E-state index contributed by atoms with van der Waals surface area (Å²) in [6.07, 6.45) is 0. The summed E-state index contributed by atoms with van der Waals surface area (Å²) in [7, 11) is 2.67. The summed E-state index contributed by atoms with van der Waals surface area (Å²) in [6.45, 7) is 0. The smallest absolute Gasteiger partial charge is 0.339 e. The number of nitrogens with zero attached hydrogens (tertiary/aromatic N) is 1. The third kappa shape index (κ3) is 5.49. The van der Waals surface area contributed by atoms with Crippen molar-refractivity contribution in [3.8, 4) is 11.5 Å². The van der Waals surface area contributed by atoms with E-state index in [1.54, 1.807) is 18.2 Å². The number of anilines is 3. The molecule has 0 radical (unpaired) electrons. The fourth-order valence-electron chi connectivity index (χ4n) is 3.73. The number of halogens is 3. The minimum atomic E-state index is -1.24. The van der Waals surface area contributed by atoms with E-state index in [4.69, 9.17) is 44.3 Å². The Bertz CT molecular complexity index is 1570. The van der Waals surface area contributed by atoms with Crippen molar-refractivity contribution in [3.05, 3.63) is 86.5 Å². The molecule has 3 N–H and O–H groups in total. The molecule has 0 bridgehead atoms. The minimum Gasteiger partial charge on any atom is -0.496 e. The zero-order chi connectivity index (χ0) is 28.4. The van der Waals surface area contributed by atoms with Crippen LogP contribution in [-0.2, 0) is 9.59 Å². The Morgan fingerprint density at radius 1 is 0.897 bits per heavy atom. The largest absolute Gasteiger partial charge is 0.496 e. The van der Waals surface area contributed by atoms with Gasteiger partial charge in [-0.15, -0.1) is 0 Å². The molecule has 13 heteroatoms. The number of imide groups is 1. The number of benzene rings is 3.